The molecule has 5 heteroatoms. The first kappa shape index (κ1) is 16.1. The van der Waals surface area contributed by atoms with Gasteiger partial charge >= 0.3 is 0 Å². The number of pyridine rings is 1. The van der Waals surface area contributed by atoms with E-state index >= 15 is 0 Å². The number of aromatic nitrogens is 2. The largest absolute Gasteiger partial charge is 0.494 e. The first-order valence-corrected chi connectivity index (χ1v) is 8.14. The van der Waals surface area contributed by atoms with Crippen LogP contribution in [0.4, 0.5) is 5.69 Å². The molecule has 0 radical (unpaired) electrons. The molecule has 0 bridgehead atoms. The van der Waals surface area contributed by atoms with E-state index < -0.39 is 0 Å². The minimum atomic E-state index is -0.160. The van der Waals surface area contributed by atoms with Gasteiger partial charge in [-0.05, 0) is 62.2 Å². The van der Waals surface area contributed by atoms with Gasteiger partial charge in [0.1, 0.15) is 17.1 Å². The molecule has 1 N–H and O–H groups in total. The zero-order valence-electron chi connectivity index (χ0n) is 14.2. The Kier molecular flexibility index (Phi) is 4.51. The quantitative estimate of drug-likeness (QED) is 0.776. The molecule has 1 aromatic carbocycles. The van der Waals surface area contributed by atoms with Crippen LogP contribution in [-0.2, 0) is 6.42 Å². The fourth-order valence-electron chi connectivity index (χ4n) is 2.67. The van der Waals surface area contributed by atoms with E-state index in [2.05, 4.69) is 10.3 Å². The van der Waals surface area contributed by atoms with Gasteiger partial charge in [-0.15, -0.1) is 0 Å². The normalized spacial score (nSPS) is 10.8. The van der Waals surface area contributed by atoms with Gasteiger partial charge < -0.3 is 10.1 Å². The maximum absolute atomic E-state index is 12.8. The van der Waals surface area contributed by atoms with Crippen molar-refractivity contribution in [1.82, 2.24) is 9.38 Å². The summed E-state index contributed by atoms with van der Waals surface area (Å²) >= 11 is 0. The van der Waals surface area contributed by atoms with Crippen molar-refractivity contribution in [3.63, 3.8) is 0 Å². The molecule has 24 heavy (non-hydrogen) atoms. The van der Waals surface area contributed by atoms with Crippen molar-refractivity contribution in [1.29, 1.82) is 0 Å². The summed E-state index contributed by atoms with van der Waals surface area (Å²) in [5.74, 6) is 0.627. The van der Waals surface area contributed by atoms with E-state index in [9.17, 15) is 4.79 Å². The Morgan fingerprint density at radius 1 is 1.21 bits per heavy atom. The minimum Gasteiger partial charge on any atom is -0.494 e. The number of hydrogen-bond acceptors (Lipinski definition) is 3. The molecule has 0 aliphatic carbocycles. The number of anilines is 1. The first-order chi connectivity index (χ1) is 11.6. The van der Waals surface area contributed by atoms with E-state index in [-0.39, 0.29) is 5.91 Å². The lowest BCUT2D eigenvalue weighted by molar-refractivity contribution is 0.102. The van der Waals surface area contributed by atoms with Crippen LogP contribution >= 0.6 is 0 Å². The van der Waals surface area contributed by atoms with E-state index in [1.807, 2.05) is 67.8 Å². The number of aryl methyl sites for hydroxylation is 2. The predicted octanol–water partition coefficient (Wildman–Crippen LogP) is 3.86. The summed E-state index contributed by atoms with van der Waals surface area (Å²) in [4.78, 5) is 17.3. The van der Waals surface area contributed by atoms with Crippen LogP contribution in [0.1, 0.15) is 35.6 Å². The van der Waals surface area contributed by atoms with Gasteiger partial charge in [0.15, 0.2) is 0 Å². The molecule has 0 unspecified atom stereocenters. The minimum absolute atomic E-state index is 0.160. The number of benzene rings is 1. The number of carbonyl (C=O) groups excluding carboxylic acids is 1. The van der Waals surface area contributed by atoms with Crippen molar-refractivity contribution in [3.05, 3.63) is 59.5 Å². The summed E-state index contributed by atoms with van der Waals surface area (Å²) < 4.78 is 7.26. The molecule has 5 nitrogen and oxygen atoms in total. The maximum atomic E-state index is 12.8. The first-order valence-electron chi connectivity index (χ1n) is 8.14. The number of nitrogens with zero attached hydrogens (tertiary/aromatic N) is 2. The second-order valence-electron chi connectivity index (χ2n) is 5.60. The van der Waals surface area contributed by atoms with E-state index in [4.69, 9.17) is 4.74 Å². The van der Waals surface area contributed by atoms with Gasteiger partial charge in [-0.2, -0.15) is 0 Å². The highest BCUT2D eigenvalue weighted by molar-refractivity contribution is 6.04. The molecule has 0 fully saturated rings. The lowest BCUT2D eigenvalue weighted by Gasteiger charge is -2.08. The molecule has 0 saturated carbocycles. The molecule has 0 spiro atoms. The van der Waals surface area contributed by atoms with Crippen LogP contribution in [0.15, 0.2) is 42.6 Å². The zero-order valence-corrected chi connectivity index (χ0v) is 14.2. The fraction of sp³-hybridized carbons (Fsp3) is 0.263. The molecule has 1 amide bonds. The topological polar surface area (TPSA) is 55.6 Å². The van der Waals surface area contributed by atoms with Crippen LogP contribution in [0, 0.1) is 6.92 Å². The van der Waals surface area contributed by atoms with Gasteiger partial charge in [0, 0.05) is 11.9 Å². The number of imidazole rings is 1. The standard InChI is InChI=1S/C19H21N3O2/c1-4-16-18(22-11-10-13(3)12-17(22)21-16)19(23)20-14-6-8-15(9-7-14)24-5-2/h6-12H,4-5H2,1-3H3,(H,20,23). The summed E-state index contributed by atoms with van der Waals surface area (Å²) in [6.45, 7) is 6.57. The number of carbonyl (C=O) groups is 1. The molecule has 0 aliphatic heterocycles. The van der Waals surface area contributed by atoms with E-state index in [1.165, 1.54) is 0 Å². The van der Waals surface area contributed by atoms with Crippen molar-refractivity contribution in [3.8, 4) is 5.75 Å². The Labute approximate surface area is 141 Å². The molecule has 0 atom stereocenters. The maximum Gasteiger partial charge on any atom is 0.274 e. The molecule has 2 heterocycles. The number of ether oxygens (including phenoxy) is 1. The highest BCUT2D eigenvalue weighted by Gasteiger charge is 2.18. The Morgan fingerprint density at radius 3 is 2.62 bits per heavy atom. The van der Waals surface area contributed by atoms with Crippen LogP contribution in [0.5, 0.6) is 5.75 Å². The molecule has 124 valence electrons. The van der Waals surface area contributed by atoms with Gasteiger partial charge in [-0.3, -0.25) is 9.20 Å². The predicted molar refractivity (Wildman–Crippen MR) is 94.9 cm³/mol. The molecule has 3 rings (SSSR count). The summed E-state index contributed by atoms with van der Waals surface area (Å²) in [5.41, 5.74) is 4.02. The van der Waals surface area contributed by atoms with Crippen molar-refractivity contribution in [2.75, 3.05) is 11.9 Å². The summed E-state index contributed by atoms with van der Waals surface area (Å²) in [6, 6.07) is 11.3. The lowest BCUT2D eigenvalue weighted by Crippen LogP contribution is -2.16. The Hall–Kier alpha value is -2.82. The molecule has 0 saturated heterocycles. The van der Waals surface area contributed by atoms with Gasteiger partial charge in [0.05, 0.1) is 12.3 Å². The van der Waals surface area contributed by atoms with Crippen LogP contribution < -0.4 is 10.1 Å². The molecule has 3 aromatic rings. The van der Waals surface area contributed by atoms with Gasteiger partial charge in [-0.1, -0.05) is 6.92 Å². The monoisotopic (exact) mass is 323 g/mol. The zero-order chi connectivity index (χ0) is 17.1. The molecule has 2 aromatic heterocycles. The third-order valence-corrected chi connectivity index (χ3v) is 3.83. The molecular formula is C19H21N3O2. The molecule has 0 aliphatic rings. The van der Waals surface area contributed by atoms with Crippen molar-refractivity contribution in [2.24, 2.45) is 0 Å². The van der Waals surface area contributed by atoms with Crippen LogP contribution in [0.3, 0.4) is 0 Å². The van der Waals surface area contributed by atoms with Gasteiger partial charge in [0.25, 0.3) is 5.91 Å². The SMILES string of the molecule is CCOc1ccc(NC(=O)c2c(CC)nc3cc(C)ccn23)cc1. The van der Waals surface area contributed by atoms with E-state index in [0.717, 1.165) is 28.3 Å². The Morgan fingerprint density at radius 2 is 1.96 bits per heavy atom. The van der Waals surface area contributed by atoms with Crippen molar-refractivity contribution < 1.29 is 9.53 Å². The van der Waals surface area contributed by atoms with E-state index in [0.29, 0.717) is 18.7 Å². The van der Waals surface area contributed by atoms with E-state index in [1.54, 1.807) is 0 Å². The lowest BCUT2D eigenvalue weighted by atomic mass is 10.2. The second kappa shape index (κ2) is 6.74. The van der Waals surface area contributed by atoms with Gasteiger partial charge in [-0.25, -0.2) is 4.98 Å². The van der Waals surface area contributed by atoms with Crippen LogP contribution in [-0.4, -0.2) is 21.9 Å². The van der Waals surface area contributed by atoms with Crippen LogP contribution in [0.25, 0.3) is 5.65 Å². The number of fused-ring (bicyclic) bond motifs is 1. The highest BCUT2D eigenvalue weighted by Crippen LogP contribution is 2.19. The third kappa shape index (κ3) is 3.11. The summed E-state index contributed by atoms with van der Waals surface area (Å²) in [7, 11) is 0. The summed E-state index contributed by atoms with van der Waals surface area (Å²) in [5, 5.41) is 2.94. The highest BCUT2D eigenvalue weighted by atomic mass is 16.5. The Bertz CT molecular complexity index is 866. The fourth-order valence-corrected chi connectivity index (χ4v) is 2.67. The number of nitrogens with one attached hydrogen (secondary N) is 1. The average Bonchev–Trinajstić information content (AvgIpc) is 2.94. The van der Waals surface area contributed by atoms with Gasteiger partial charge in [0.2, 0.25) is 0 Å². The molecular weight excluding hydrogens is 302 g/mol. The summed E-state index contributed by atoms with van der Waals surface area (Å²) in [6.07, 6.45) is 2.59. The smallest absolute Gasteiger partial charge is 0.274 e. The number of hydrogen-bond donors (Lipinski definition) is 1. The Balaban J connectivity index is 1.90. The average molecular weight is 323 g/mol. The van der Waals surface area contributed by atoms with Crippen molar-refractivity contribution >= 4 is 17.2 Å². The van der Waals surface area contributed by atoms with Crippen molar-refractivity contribution in [2.45, 2.75) is 27.2 Å². The van der Waals surface area contributed by atoms with Crippen LogP contribution in [0.2, 0.25) is 0 Å². The number of rotatable bonds is 5. The third-order valence-electron chi connectivity index (χ3n) is 3.83. The number of amides is 1. The second-order valence-corrected chi connectivity index (χ2v) is 5.60.